The molecule has 1 N–H and O–H groups in total. The summed E-state index contributed by atoms with van der Waals surface area (Å²) < 4.78 is 27.3. The summed E-state index contributed by atoms with van der Waals surface area (Å²) in [5.74, 6) is -0.0384. The van der Waals surface area contributed by atoms with E-state index in [4.69, 9.17) is 0 Å². The lowest BCUT2D eigenvalue weighted by Gasteiger charge is -2.31. The van der Waals surface area contributed by atoms with Crippen LogP contribution in [0.25, 0.3) is 0 Å². The van der Waals surface area contributed by atoms with E-state index in [0.717, 1.165) is 11.3 Å². The standard InChI is InChI=1S/C22H28N2O3S/c1-16(2)18-8-10-20(11-9-18)23-22(25)19-5-4-14-24(15-19)28(26,27)21-12-6-17(3)7-13-21/h6-13,16,19H,4-5,14-15H2,1-3H3,(H,23,25)/t19-/m1/s1. The molecular formula is C22H28N2O3S. The highest BCUT2D eigenvalue weighted by Crippen LogP contribution is 2.25. The van der Waals surface area contributed by atoms with E-state index in [1.807, 2.05) is 31.2 Å². The number of amides is 1. The maximum Gasteiger partial charge on any atom is 0.243 e. The van der Waals surface area contributed by atoms with Gasteiger partial charge in [-0.25, -0.2) is 8.42 Å². The van der Waals surface area contributed by atoms with Gasteiger partial charge in [0.25, 0.3) is 0 Å². The van der Waals surface area contributed by atoms with Gasteiger partial charge in [0.1, 0.15) is 0 Å². The van der Waals surface area contributed by atoms with Gasteiger partial charge in [-0.2, -0.15) is 4.31 Å². The Labute approximate surface area is 167 Å². The van der Waals surface area contributed by atoms with Crippen LogP contribution < -0.4 is 5.32 Å². The van der Waals surface area contributed by atoms with Crippen LogP contribution in [0.1, 0.15) is 43.7 Å². The molecule has 0 spiro atoms. The van der Waals surface area contributed by atoms with Crippen molar-refractivity contribution in [3.8, 4) is 0 Å². The van der Waals surface area contributed by atoms with Crippen LogP contribution in [-0.2, 0) is 14.8 Å². The molecule has 1 saturated heterocycles. The molecule has 1 aliphatic rings. The number of piperidine rings is 1. The van der Waals surface area contributed by atoms with Gasteiger partial charge in [0.05, 0.1) is 10.8 Å². The molecule has 2 aromatic rings. The first kappa shape index (κ1) is 20.6. The molecule has 6 heteroatoms. The Morgan fingerprint density at radius 2 is 1.71 bits per heavy atom. The Morgan fingerprint density at radius 1 is 1.07 bits per heavy atom. The fourth-order valence-electron chi connectivity index (χ4n) is 3.43. The third kappa shape index (κ3) is 4.62. The van der Waals surface area contributed by atoms with Crippen molar-refractivity contribution in [1.29, 1.82) is 0 Å². The zero-order valence-electron chi connectivity index (χ0n) is 16.7. The number of hydrogen-bond donors (Lipinski definition) is 1. The highest BCUT2D eigenvalue weighted by Gasteiger charge is 2.33. The quantitative estimate of drug-likeness (QED) is 0.820. The molecule has 1 aliphatic heterocycles. The van der Waals surface area contributed by atoms with Crippen molar-refractivity contribution in [3.05, 3.63) is 59.7 Å². The average Bonchev–Trinajstić information content (AvgIpc) is 2.69. The van der Waals surface area contributed by atoms with E-state index in [9.17, 15) is 13.2 Å². The van der Waals surface area contributed by atoms with Gasteiger partial charge < -0.3 is 5.32 Å². The van der Waals surface area contributed by atoms with Gasteiger partial charge in [0.2, 0.25) is 15.9 Å². The molecule has 0 saturated carbocycles. The summed E-state index contributed by atoms with van der Waals surface area (Å²) in [4.78, 5) is 13.0. The maximum atomic E-state index is 12.9. The minimum atomic E-state index is -3.58. The van der Waals surface area contributed by atoms with E-state index in [0.29, 0.717) is 25.3 Å². The second kappa shape index (κ2) is 8.45. The molecule has 0 unspecified atom stereocenters. The van der Waals surface area contributed by atoms with Gasteiger partial charge in [-0.05, 0) is 55.5 Å². The molecule has 1 fully saturated rings. The minimum absolute atomic E-state index is 0.124. The molecule has 1 heterocycles. The summed E-state index contributed by atoms with van der Waals surface area (Å²) >= 11 is 0. The van der Waals surface area contributed by atoms with Crippen LogP contribution in [0.4, 0.5) is 5.69 Å². The molecular weight excluding hydrogens is 372 g/mol. The summed E-state index contributed by atoms with van der Waals surface area (Å²) in [6.45, 7) is 6.83. The summed E-state index contributed by atoms with van der Waals surface area (Å²) in [6.07, 6.45) is 1.37. The molecule has 2 aromatic carbocycles. The van der Waals surface area contributed by atoms with Crippen molar-refractivity contribution in [1.82, 2.24) is 4.31 Å². The van der Waals surface area contributed by atoms with Crippen LogP contribution in [0, 0.1) is 12.8 Å². The molecule has 3 rings (SSSR count). The van der Waals surface area contributed by atoms with Gasteiger partial charge in [-0.1, -0.05) is 43.7 Å². The summed E-state index contributed by atoms with van der Waals surface area (Å²) in [5, 5.41) is 2.94. The smallest absolute Gasteiger partial charge is 0.243 e. The van der Waals surface area contributed by atoms with Gasteiger partial charge in [-0.3, -0.25) is 4.79 Å². The fraction of sp³-hybridized carbons (Fsp3) is 0.409. The number of anilines is 1. The molecule has 5 nitrogen and oxygen atoms in total. The molecule has 1 amide bonds. The number of sulfonamides is 1. The van der Waals surface area contributed by atoms with Crippen LogP contribution in [0.2, 0.25) is 0 Å². The van der Waals surface area contributed by atoms with Crippen LogP contribution in [0.5, 0.6) is 0 Å². The maximum absolute atomic E-state index is 12.9. The van der Waals surface area contributed by atoms with Crippen molar-refractivity contribution in [3.63, 3.8) is 0 Å². The van der Waals surface area contributed by atoms with Crippen LogP contribution in [-0.4, -0.2) is 31.7 Å². The van der Waals surface area contributed by atoms with Gasteiger partial charge in [0, 0.05) is 18.8 Å². The lowest BCUT2D eigenvalue weighted by Crippen LogP contribution is -2.43. The number of nitrogens with one attached hydrogen (secondary N) is 1. The Bertz CT molecular complexity index is 919. The molecule has 0 aromatic heterocycles. The number of benzene rings is 2. The van der Waals surface area contributed by atoms with Gasteiger partial charge >= 0.3 is 0 Å². The van der Waals surface area contributed by atoms with E-state index >= 15 is 0 Å². The van der Waals surface area contributed by atoms with E-state index in [2.05, 4.69) is 19.2 Å². The Hall–Kier alpha value is -2.18. The summed E-state index contributed by atoms with van der Waals surface area (Å²) in [5.41, 5.74) is 2.97. The van der Waals surface area contributed by atoms with Crippen molar-refractivity contribution in [2.45, 2.75) is 44.4 Å². The third-order valence-electron chi connectivity index (χ3n) is 5.26. The highest BCUT2D eigenvalue weighted by molar-refractivity contribution is 7.89. The van der Waals surface area contributed by atoms with Gasteiger partial charge in [0.15, 0.2) is 0 Å². The zero-order valence-corrected chi connectivity index (χ0v) is 17.5. The van der Waals surface area contributed by atoms with Crippen molar-refractivity contribution in [2.75, 3.05) is 18.4 Å². The van der Waals surface area contributed by atoms with Crippen molar-refractivity contribution in [2.24, 2.45) is 5.92 Å². The second-order valence-electron chi connectivity index (χ2n) is 7.78. The monoisotopic (exact) mass is 400 g/mol. The van der Waals surface area contributed by atoms with Crippen LogP contribution in [0.15, 0.2) is 53.4 Å². The SMILES string of the molecule is Cc1ccc(S(=O)(=O)N2CCC[C@@H](C(=O)Nc3ccc(C(C)C)cc3)C2)cc1. The van der Waals surface area contributed by atoms with Gasteiger partial charge in [-0.15, -0.1) is 0 Å². The van der Waals surface area contributed by atoms with Crippen molar-refractivity contribution >= 4 is 21.6 Å². The first-order valence-electron chi connectivity index (χ1n) is 9.75. The van der Waals surface area contributed by atoms with Crippen LogP contribution >= 0.6 is 0 Å². The Kier molecular flexibility index (Phi) is 6.20. The minimum Gasteiger partial charge on any atom is -0.326 e. The topological polar surface area (TPSA) is 66.5 Å². The molecule has 0 aliphatic carbocycles. The number of hydrogen-bond acceptors (Lipinski definition) is 3. The predicted octanol–water partition coefficient (Wildman–Crippen LogP) is 4.16. The van der Waals surface area contributed by atoms with E-state index in [1.54, 1.807) is 24.3 Å². The molecule has 150 valence electrons. The molecule has 1 atom stereocenters. The summed E-state index contributed by atoms with van der Waals surface area (Å²) in [6, 6.07) is 14.7. The highest BCUT2D eigenvalue weighted by atomic mass is 32.2. The normalized spacial score (nSPS) is 18.2. The number of aryl methyl sites for hydroxylation is 1. The lowest BCUT2D eigenvalue weighted by atomic mass is 9.98. The van der Waals surface area contributed by atoms with Crippen LogP contribution in [0.3, 0.4) is 0 Å². The fourth-order valence-corrected chi connectivity index (χ4v) is 4.95. The second-order valence-corrected chi connectivity index (χ2v) is 9.72. The lowest BCUT2D eigenvalue weighted by molar-refractivity contribution is -0.120. The number of rotatable bonds is 5. The predicted molar refractivity (Wildman–Crippen MR) is 112 cm³/mol. The Balaban J connectivity index is 1.68. The first-order valence-corrected chi connectivity index (χ1v) is 11.2. The largest absolute Gasteiger partial charge is 0.326 e. The zero-order chi connectivity index (χ0) is 20.3. The Morgan fingerprint density at radius 3 is 2.32 bits per heavy atom. The third-order valence-corrected chi connectivity index (χ3v) is 7.14. The first-order chi connectivity index (χ1) is 13.3. The van der Waals surface area contributed by atoms with E-state index in [-0.39, 0.29) is 23.3 Å². The number of carbonyl (C=O) groups excluding carboxylic acids is 1. The average molecular weight is 401 g/mol. The molecule has 0 radical (unpaired) electrons. The van der Waals surface area contributed by atoms with E-state index < -0.39 is 10.0 Å². The van der Waals surface area contributed by atoms with E-state index in [1.165, 1.54) is 9.87 Å². The molecule has 28 heavy (non-hydrogen) atoms. The summed E-state index contributed by atoms with van der Waals surface area (Å²) in [7, 11) is -3.58. The van der Waals surface area contributed by atoms with Crippen molar-refractivity contribution < 1.29 is 13.2 Å². The number of nitrogens with zero attached hydrogens (tertiary/aromatic N) is 1. The number of carbonyl (C=O) groups is 1. The molecule has 0 bridgehead atoms.